The number of halogens is 1. The van der Waals surface area contributed by atoms with E-state index in [1.807, 2.05) is 30.3 Å². The molecule has 1 aliphatic rings. The molecule has 102 valence electrons. The van der Waals surface area contributed by atoms with E-state index in [2.05, 4.69) is 29.6 Å². The Bertz CT molecular complexity index is 872. The molecule has 0 bridgehead atoms. The van der Waals surface area contributed by atoms with Crippen LogP contribution >= 0.6 is 11.6 Å². The molecule has 3 heteroatoms. The molecule has 0 aromatic heterocycles. The van der Waals surface area contributed by atoms with Crippen LogP contribution in [-0.4, -0.2) is 5.91 Å². The van der Waals surface area contributed by atoms with E-state index in [4.69, 9.17) is 11.6 Å². The predicted octanol–water partition coefficient (Wildman–Crippen LogP) is 4.58. The average Bonchev–Trinajstić information content (AvgIpc) is 2.81. The SMILES string of the molecule is O=C1Nc2cc(Cl)ccc2C1c1ccc2ccccc2c1. The zero-order valence-electron chi connectivity index (χ0n) is 11.1. The van der Waals surface area contributed by atoms with E-state index in [1.54, 1.807) is 6.07 Å². The van der Waals surface area contributed by atoms with Gasteiger partial charge in [0.15, 0.2) is 0 Å². The monoisotopic (exact) mass is 293 g/mol. The van der Waals surface area contributed by atoms with E-state index in [0.29, 0.717) is 5.02 Å². The van der Waals surface area contributed by atoms with Crippen molar-refractivity contribution < 1.29 is 4.79 Å². The van der Waals surface area contributed by atoms with Crippen LogP contribution in [0.4, 0.5) is 5.69 Å². The van der Waals surface area contributed by atoms with E-state index in [-0.39, 0.29) is 11.8 Å². The molecule has 2 nitrogen and oxygen atoms in total. The molecule has 21 heavy (non-hydrogen) atoms. The maximum Gasteiger partial charge on any atom is 0.236 e. The Balaban J connectivity index is 1.87. The first-order chi connectivity index (χ1) is 10.2. The maximum atomic E-state index is 12.3. The number of rotatable bonds is 1. The smallest absolute Gasteiger partial charge is 0.236 e. The molecule has 4 rings (SSSR count). The van der Waals surface area contributed by atoms with Crippen molar-refractivity contribution in [1.82, 2.24) is 0 Å². The van der Waals surface area contributed by atoms with Crippen LogP contribution < -0.4 is 5.32 Å². The largest absolute Gasteiger partial charge is 0.325 e. The topological polar surface area (TPSA) is 29.1 Å². The zero-order valence-corrected chi connectivity index (χ0v) is 11.9. The highest BCUT2D eigenvalue weighted by molar-refractivity contribution is 6.31. The highest BCUT2D eigenvalue weighted by Crippen LogP contribution is 2.39. The lowest BCUT2D eigenvalue weighted by Gasteiger charge is -2.10. The van der Waals surface area contributed by atoms with Crippen molar-refractivity contribution in [3.05, 3.63) is 76.8 Å². The predicted molar refractivity (Wildman–Crippen MR) is 85.9 cm³/mol. The molecule has 0 saturated carbocycles. The Morgan fingerprint density at radius 2 is 1.71 bits per heavy atom. The third-order valence-electron chi connectivity index (χ3n) is 3.95. The van der Waals surface area contributed by atoms with Crippen molar-refractivity contribution in [2.24, 2.45) is 0 Å². The summed E-state index contributed by atoms with van der Waals surface area (Å²) in [4.78, 5) is 12.3. The normalized spacial score (nSPS) is 16.8. The standard InChI is InChI=1S/C18H12ClNO/c19-14-7-8-15-16(10-14)20-18(21)17(15)13-6-5-11-3-1-2-4-12(11)9-13/h1-10,17H,(H,20,21). The molecule has 1 N–H and O–H groups in total. The summed E-state index contributed by atoms with van der Waals surface area (Å²) < 4.78 is 0. The lowest BCUT2D eigenvalue weighted by atomic mass is 9.91. The van der Waals surface area contributed by atoms with Gasteiger partial charge in [0.2, 0.25) is 5.91 Å². The van der Waals surface area contributed by atoms with Gasteiger partial charge < -0.3 is 5.32 Å². The van der Waals surface area contributed by atoms with Crippen molar-refractivity contribution in [3.63, 3.8) is 0 Å². The van der Waals surface area contributed by atoms with E-state index < -0.39 is 0 Å². The fourth-order valence-corrected chi connectivity index (χ4v) is 3.13. The van der Waals surface area contributed by atoms with Crippen molar-refractivity contribution in [3.8, 4) is 0 Å². The Morgan fingerprint density at radius 1 is 0.905 bits per heavy atom. The number of amides is 1. The summed E-state index contributed by atoms with van der Waals surface area (Å²) in [5, 5.41) is 5.86. The zero-order chi connectivity index (χ0) is 14.4. The number of carbonyl (C=O) groups excluding carboxylic acids is 1. The van der Waals surface area contributed by atoms with Gasteiger partial charge in [-0.05, 0) is 34.0 Å². The van der Waals surface area contributed by atoms with E-state index in [0.717, 1.165) is 22.2 Å². The summed E-state index contributed by atoms with van der Waals surface area (Å²) >= 11 is 5.99. The summed E-state index contributed by atoms with van der Waals surface area (Å²) in [5.41, 5.74) is 2.80. The number of hydrogen-bond donors (Lipinski definition) is 1. The molecule has 0 fully saturated rings. The fourth-order valence-electron chi connectivity index (χ4n) is 2.95. The average molecular weight is 294 g/mol. The van der Waals surface area contributed by atoms with Crippen LogP contribution in [0.2, 0.25) is 5.02 Å². The van der Waals surface area contributed by atoms with Crippen molar-refractivity contribution in [2.45, 2.75) is 5.92 Å². The first-order valence-corrected chi connectivity index (χ1v) is 7.19. The van der Waals surface area contributed by atoms with Crippen molar-refractivity contribution >= 4 is 34.0 Å². The highest BCUT2D eigenvalue weighted by atomic mass is 35.5. The van der Waals surface area contributed by atoms with Crippen LogP contribution in [0.1, 0.15) is 17.0 Å². The van der Waals surface area contributed by atoms with Crippen LogP contribution in [0.5, 0.6) is 0 Å². The second-order valence-electron chi connectivity index (χ2n) is 5.26. The second kappa shape index (κ2) is 4.61. The molecule has 1 aliphatic heterocycles. The number of benzene rings is 3. The number of fused-ring (bicyclic) bond motifs is 2. The molecule has 3 aromatic rings. The lowest BCUT2D eigenvalue weighted by Crippen LogP contribution is -2.13. The van der Waals surface area contributed by atoms with Gasteiger partial charge in [-0.3, -0.25) is 4.79 Å². The van der Waals surface area contributed by atoms with Crippen LogP contribution in [-0.2, 0) is 4.79 Å². The Labute approximate surface area is 127 Å². The first kappa shape index (κ1) is 12.4. The minimum atomic E-state index is -0.262. The van der Waals surface area contributed by atoms with Crippen molar-refractivity contribution in [2.75, 3.05) is 5.32 Å². The van der Waals surface area contributed by atoms with Gasteiger partial charge in [0, 0.05) is 10.7 Å². The van der Waals surface area contributed by atoms with Crippen LogP contribution in [0.3, 0.4) is 0 Å². The third-order valence-corrected chi connectivity index (χ3v) is 4.19. The Hall–Kier alpha value is -2.32. The van der Waals surface area contributed by atoms with Gasteiger partial charge in [-0.1, -0.05) is 60.1 Å². The Morgan fingerprint density at radius 3 is 2.57 bits per heavy atom. The molecule has 0 aliphatic carbocycles. The molecule has 0 saturated heterocycles. The van der Waals surface area contributed by atoms with Gasteiger partial charge >= 0.3 is 0 Å². The number of anilines is 1. The van der Waals surface area contributed by atoms with Gasteiger partial charge in [0.25, 0.3) is 0 Å². The van der Waals surface area contributed by atoms with E-state index in [1.165, 1.54) is 5.39 Å². The van der Waals surface area contributed by atoms with Gasteiger partial charge in [-0.15, -0.1) is 0 Å². The second-order valence-corrected chi connectivity index (χ2v) is 5.70. The van der Waals surface area contributed by atoms with E-state index in [9.17, 15) is 4.79 Å². The number of carbonyl (C=O) groups is 1. The minimum Gasteiger partial charge on any atom is -0.325 e. The number of nitrogens with one attached hydrogen (secondary N) is 1. The van der Waals surface area contributed by atoms with Crippen LogP contribution in [0, 0.1) is 0 Å². The quantitative estimate of drug-likeness (QED) is 0.699. The van der Waals surface area contributed by atoms with Gasteiger partial charge in [-0.25, -0.2) is 0 Å². The molecule has 1 amide bonds. The molecule has 0 spiro atoms. The molecule has 0 radical (unpaired) electrons. The lowest BCUT2D eigenvalue weighted by molar-refractivity contribution is -0.116. The van der Waals surface area contributed by atoms with E-state index >= 15 is 0 Å². The minimum absolute atomic E-state index is 0.00236. The first-order valence-electron chi connectivity index (χ1n) is 6.81. The molecular formula is C18H12ClNO. The molecular weight excluding hydrogens is 282 g/mol. The third kappa shape index (κ3) is 1.99. The van der Waals surface area contributed by atoms with Crippen molar-refractivity contribution in [1.29, 1.82) is 0 Å². The summed E-state index contributed by atoms with van der Waals surface area (Å²) in [5.74, 6) is -0.260. The molecule has 1 heterocycles. The molecule has 1 unspecified atom stereocenters. The fraction of sp³-hybridized carbons (Fsp3) is 0.0556. The highest BCUT2D eigenvalue weighted by Gasteiger charge is 2.31. The summed E-state index contributed by atoms with van der Waals surface area (Å²) in [6.45, 7) is 0. The molecule has 1 atom stereocenters. The maximum absolute atomic E-state index is 12.3. The summed E-state index contributed by atoms with van der Waals surface area (Å²) in [6.07, 6.45) is 0. The number of hydrogen-bond acceptors (Lipinski definition) is 1. The van der Waals surface area contributed by atoms with Gasteiger partial charge in [0.1, 0.15) is 0 Å². The summed E-state index contributed by atoms with van der Waals surface area (Å²) in [7, 11) is 0. The van der Waals surface area contributed by atoms with Gasteiger partial charge in [0.05, 0.1) is 5.92 Å². The van der Waals surface area contributed by atoms with Crippen LogP contribution in [0.15, 0.2) is 60.7 Å². The van der Waals surface area contributed by atoms with Gasteiger partial charge in [-0.2, -0.15) is 0 Å². The Kier molecular flexibility index (Phi) is 2.72. The van der Waals surface area contributed by atoms with Crippen LogP contribution in [0.25, 0.3) is 10.8 Å². The molecule has 3 aromatic carbocycles. The summed E-state index contributed by atoms with van der Waals surface area (Å²) in [6, 6.07) is 19.9.